The Morgan fingerprint density at radius 3 is 2.41 bits per heavy atom. The first-order chi connectivity index (χ1) is 13.7. The van der Waals surface area contributed by atoms with Crippen molar-refractivity contribution in [2.24, 2.45) is 0 Å². The van der Waals surface area contributed by atoms with Crippen LogP contribution >= 0.6 is 0 Å². The molecule has 0 saturated carbocycles. The fourth-order valence-electron chi connectivity index (χ4n) is 3.48. The third kappa shape index (κ3) is 4.27. The van der Waals surface area contributed by atoms with E-state index >= 15 is 0 Å². The summed E-state index contributed by atoms with van der Waals surface area (Å²) in [6.45, 7) is 7.63. The van der Waals surface area contributed by atoms with Gasteiger partial charge in [0.15, 0.2) is 0 Å². The van der Waals surface area contributed by atoms with Gasteiger partial charge in [0.1, 0.15) is 24.0 Å². The number of aryl methyl sites for hydroxylation is 1. The molecule has 154 valence electrons. The number of imide groups is 1. The van der Waals surface area contributed by atoms with E-state index in [0.29, 0.717) is 11.3 Å². The highest BCUT2D eigenvalue weighted by Gasteiger charge is 2.49. The van der Waals surface area contributed by atoms with Gasteiger partial charge in [-0.1, -0.05) is 61.9 Å². The number of para-hydroxylation sites is 1. The first-order valence-corrected chi connectivity index (χ1v) is 9.83. The van der Waals surface area contributed by atoms with E-state index in [-0.39, 0.29) is 25.0 Å². The molecule has 1 aliphatic heterocycles. The number of nitrogens with zero attached hydrogens (tertiary/aromatic N) is 1. The van der Waals surface area contributed by atoms with Crippen LogP contribution in [0, 0.1) is 6.92 Å². The van der Waals surface area contributed by atoms with E-state index in [1.807, 2.05) is 55.5 Å². The zero-order valence-corrected chi connectivity index (χ0v) is 17.3. The van der Waals surface area contributed by atoms with Crippen LogP contribution in [0.1, 0.15) is 43.4 Å². The van der Waals surface area contributed by atoms with Crippen molar-refractivity contribution >= 4 is 11.9 Å². The number of carbonyl (C=O) groups excluding carboxylic acids is 2. The van der Waals surface area contributed by atoms with Gasteiger partial charge in [0, 0.05) is 0 Å². The number of aliphatic hydroxyl groups is 1. The van der Waals surface area contributed by atoms with Gasteiger partial charge in [0.2, 0.25) is 0 Å². The number of aliphatic hydroxyl groups excluding tert-OH is 1. The SMILES string of the molecule is Cc1ccc([C@@]2(C)NC(=O)N(C[C@@H](O)COc3ccccc3C(C)C)C2=O)cc1. The van der Waals surface area contributed by atoms with Crippen LogP contribution in [0.15, 0.2) is 48.5 Å². The second-order valence-corrected chi connectivity index (χ2v) is 7.99. The molecular weight excluding hydrogens is 368 g/mol. The molecule has 0 radical (unpaired) electrons. The van der Waals surface area contributed by atoms with Crippen molar-refractivity contribution in [1.29, 1.82) is 0 Å². The third-order valence-corrected chi connectivity index (χ3v) is 5.27. The van der Waals surface area contributed by atoms with Crippen molar-refractivity contribution in [2.75, 3.05) is 13.2 Å². The first-order valence-electron chi connectivity index (χ1n) is 9.83. The predicted molar refractivity (Wildman–Crippen MR) is 111 cm³/mol. The Morgan fingerprint density at radius 1 is 1.10 bits per heavy atom. The highest BCUT2D eigenvalue weighted by atomic mass is 16.5. The molecule has 0 aromatic heterocycles. The number of hydrogen-bond donors (Lipinski definition) is 2. The van der Waals surface area contributed by atoms with Crippen LogP contribution in [0.25, 0.3) is 0 Å². The summed E-state index contributed by atoms with van der Waals surface area (Å²) in [7, 11) is 0. The molecule has 0 bridgehead atoms. The zero-order chi connectivity index (χ0) is 21.2. The second kappa shape index (κ2) is 8.25. The molecule has 2 aromatic rings. The van der Waals surface area contributed by atoms with Crippen molar-refractivity contribution in [3.05, 3.63) is 65.2 Å². The van der Waals surface area contributed by atoms with Crippen molar-refractivity contribution in [3.63, 3.8) is 0 Å². The van der Waals surface area contributed by atoms with Gasteiger partial charge in [-0.2, -0.15) is 0 Å². The smallest absolute Gasteiger partial charge is 0.325 e. The Morgan fingerprint density at radius 2 is 1.76 bits per heavy atom. The van der Waals surface area contributed by atoms with E-state index in [1.54, 1.807) is 6.92 Å². The normalized spacial score (nSPS) is 20.1. The van der Waals surface area contributed by atoms with Crippen molar-refractivity contribution in [3.8, 4) is 5.75 Å². The highest BCUT2D eigenvalue weighted by molar-refractivity contribution is 6.07. The van der Waals surface area contributed by atoms with Crippen LogP contribution in [-0.4, -0.2) is 41.2 Å². The minimum absolute atomic E-state index is 0.0119. The minimum atomic E-state index is -1.14. The molecule has 6 nitrogen and oxygen atoms in total. The molecule has 1 aliphatic rings. The van der Waals surface area contributed by atoms with Crippen LogP contribution in [0.2, 0.25) is 0 Å². The highest BCUT2D eigenvalue weighted by Crippen LogP contribution is 2.29. The third-order valence-electron chi connectivity index (χ3n) is 5.27. The maximum Gasteiger partial charge on any atom is 0.325 e. The quantitative estimate of drug-likeness (QED) is 0.704. The van der Waals surface area contributed by atoms with Crippen molar-refractivity contribution in [1.82, 2.24) is 10.2 Å². The van der Waals surface area contributed by atoms with Crippen LogP contribution < -0.4 is 10.1 Å². The summed E-state index contributed by atoms with van der Waals surface area (Å²) >= 11 is 0. The second-order valence-electron chi connectivity index (χ2n) is 7.99. The molecule has 2 aromatic carbocycles. The molecule has 3 rings (SSSR count). The van der Waals surface area contributed by atoms with Crippen molar-refractivity contribution in [2.45, 2.75) is 45.3 Å². The van der Waals surface area contributed by atoms with E-state index in [1.165, 1.54) is 0 Å². The lowest BCUT2D eigenvalue weighted by atomic mass is 9.91. The van der Waals surface area contributed by atoms with Crippen LogP contribution in [0.3, 0.4) is 0 Å². The largest absolute Gasteiger partial charge is 0.491 e. The fourth-order valence-corrected chi connectivity index (χ4v) is 3.48. The lowest BCUT2D eigenvalue weighted by molar-refractivity contribution is -0.132. The van der Waals surface area contributed by atoms with Crippen LogP contribution in [0.4, 0.5) is 4.79 Å². The number of β-amino-alcohol motifs (C(OH)–C–C–N with tert-alkyl or cyclic N) is 1. The Hall–Kier alpha value is -2.86. The number of rotatable bonds is 7. The van der Waals surface area contributed by atoms with Gasteiger partial charge in [-0.25, -0.2) is 4.79 Å². The molecule has 1 fully saturated rings. The Kier molecular flexibility index (Phi) is 5.94. The van der Waals surface area contributed by atoms with Gasteiger partial charge in [-0.05, 0) is 37.0 Å². The van der Waals surface area contributed by atoms with E-state index in [0.717, 1.165) is 16.0 Å². The predicted octanol–water partition coefficient (Wildman–Crippen LogP) is 3.33. The number of amides is 3. The zero-order valence-electron chi connectivity index (χ0n) is 17.3. The van der Waals surface area contributed by atoms with Crippen molar-refractivity contribution < 1.29 is 19.4 Å². The summed E-state index contributed by atoms with van der Waals surface area (Å²) in [6, 6.07) is 14.6. The van der Waals surface area contributed by atoms with E-state index in [2.05, 4.69) is 19.2 Å². The van der Waals surface area contributed by atoms with Gasteiger partial charge in [-0.15, -0.1) is 0 Å². The lowest BCUT2D eigenvalue weighted by Gasteiger charge is -2.23. The molecule has 0 spiro atoms. The molecule has 6 heteroatoms. The molecule has 3 amide bonds. The number of benzene rings is 2. The van der Waals surface area contributed by atoms with Crippen LogP contribution in [-0.2, 0) is 10.3 Å². The van der Waals surface area contributed by atoms with E-state index in [4.69, 9.17) is 4.74 Å². The Bertz CT molecular complexity index is 894. The van der Waals surface area contributed by atoms with Gasteiger partial charge in [-0.3, -0.25) is 9.69 Å². The van der Waals surface area contributed by atoms with Crippen LogP contribution in [0.5, 0.6) is 5.75 Å². The van der Waals surface area contributed by atoms with E-state index < -0.39 is 17.7 Å². The molecule has 0 unspecified atom stereocenters. The average Bonchev–Trinajstić information content (AvgIpc) is 2.91. The van der Waals surface area contributed by atoms with Gasteiger partial charge < -0.3 is 15.2 Å². The first kappa shape index (κ1) is 20.9. The Balaban J connectivity index is 1.66. The molecule has 0 aliphatic carbocycles. The number of carbonyl (C=O) groups is 2. The number of hydrogen-bond acceptors (Lipinski definition) is 4. The molecule has 29 heavy (non-hydrogen) atoms. The number of urea groups is 1. The standard InChI is InChI=1S/C23H28N2O4/c1-15(2)19-7-5-6-8-20(19)29-14-18(26)13-25-21(27)23(4,24-22(25)28)17-11-9-16(3)10-12-17/h5-12,15,18,26H,13-14H2,1-4H3,(H,24,28)/t18-,23-/m1/s1. The maximum absolute atomic E-state index is 13.0. The molecule has 2 atom stereocenters. The fraction of sp³-hybridized carbons (Fsp3) is 0.391. The summed E-state index contributed by atoms with van der Waals surface area (Å²) < 4.78 is 5.77. The summed E-state index contributed by atoms with van der Waals surface area (Å²) in [5.41, 5.74) is 1.68. The molecule has 1 heterocycles. The number of nitrogens with one attached hydrogen (secondary N) is 1. The Labute approximate surface area is 171 Å². The van der Waals surface area contributed by atoms with Gasteiger partial charge in [0.25, 0.3) is 5.91 Å². The topological polar surface area (TPSA) is 78.9 Å². The monoisotopic (exact) mass is 396 g/mol. The van der Waals surface area contributed by atoms with Gasteiger partial charge >= 0.3 is 6.03 Å². The molecular formula is C23H28N2O4. The summed E-state index contributed by atoms with van der Waals surface area (Å²) in [5.74, 6) is 0.598. The molecule has 2 N–H and O–H groups in total. The summed E-state index contributed by atoms with van der Waals surface area (Å²) in [6.07, 6.45) is -0.995. The average molecular weight is 396 g/mol. The molecule has 1 saturated heterocycles. The summed E-state index contributed by atoms with van der Waals surface area (Å²) in [4.78, 5) is 26.5. The van der Waals surface area contributed by atoms with Gasteiger partial charge in [0.05, 0.1) is 6.54 Å². The lowest BCUT2D eigenvalue weighted by Crippen LogP contribution is -2.42. The minimum Gasteiger partial charge on any atom is -0.491 e. The summed E-state index contributed by atoms with van der Waals surface area (Å²) in [5, 5.41) is 13.2. The number of ether oxygens (including phenoxy) is 1. The maximum atomic E-state index is 13.0. The van der Waals surface area contributed by atoms with E-state index in [9.17, 15) is 14.7 Å².